The summed E-state index contributed by atoms with van der Waals surface area (Å²) < 4.78 is 10.9. The average molecular weight is 435 g/mol. The first-order chi connectivity index (χ1) is 12.8. The van der Waals surface area contributed by atoms with Crippen LogP contribution in [-0.2, 0) is 16.1 Å². The lowest BCUT2D eigenvalue weighted by atomic mass is 10.2. The zero-order chi connectivity index (χ0) is 20.0. The summed E-state index contributed by atoms with van der Waals surface area (Å²) in [5, 5.41) is 0. The van der Waals surface area contributed by atoms with E-state index in [1.165, 1.54) is 4.90 Å². The van der Waals surface area contributed by atoms with Gasteiger partial charge in [0.15, 0.2) is 6.61 Å². The number of likely N-dealkylation sites (N-methyl/N-ethyl adjacent to an activating group) is 1. The van der Waals surface area contributed by atoms with Gasteiger partial charge in [-0.2, -0.15) is 0 Å². The van der Waals surface area contributed by atoms with Crippen LogP contribution in [0.1, 0.15) is 15.9 Å². The highest BCUT2D eigenvalue weighted by Crippen LogP contribution is 2.25. The van der Waals surface area contributed by atoms with E-state index in [1.54, 1.807) is 32.4 Å². The molecule has 0 aliphatic rings. The molecule has 1 amide bonds. The number of carbonyl (C=O) groups excluding carboxylic acids is 2. The Morgan fingerprint density at radius 1 is 1.04 bits per heavy atom. The largest absolute Gasteiger partial charge is 0.496 e. The summed E-state index contributed by atoms with van der Waals surface area (Å²) >= 11 is 3.32. The van der Waals surface area contributed by atoms with Gasteiger partial charge < -0.3 is 19.3 Å². The summed E-state index contributed by atoms with van der Waals surface area (Å²) in [7, 11) is 7.17. The Kier molecular flexibility index (Phi) is 7.24. The van der Waals surface area contributed by atoms with E-state index in [1.807, 2.05) is 43.3 Å². The second-order valence-electron chi connectivity index (χ2n) is 6.24. The number of benzene rings is 2. The molecule has 7 heteroatoms. The van der Waals surface area contributed by atoms with Crippen molar-refractivity contribution in [2.45, 2.75) is 6.54 Å². The summed E-state index contributed by atoms with van der Waals surface area (Å²) in [5.41, 5.74) is 2.44. The van der Waals surface area contributed by atoms with Gasteiger partial charge in [0.25, 0.3) is 5.91 Å². The van der Waals surface area contributed by atoms with E-state index in [0.29, 0.717) is 22.3 Å². The summed E-state index contributed by atoms with van der Waals surface area (Å²) in [6.45, 7) is 0.132. The summed E-state index contributed by atoms with van der Waals surface area (Å²) in [5.74, 6) is -0.217. The lowest BCUT2D eigenvalue weighted by molar-refractivity contribution is -0.133. The molecule has 0 radical (unpaired) electrons. The van der Waals surface area contributed by atoms with Crippen molar-refractivity contribution in [2.75, 3.05) is 39.8 Å². The molecule has 0 unspecified atom stereocenters. The first-order valence-corrected chi connectivity index (χ1v) is 9.12. The van der Waals surface area contributed by atoms with Crippen LogP contribution in [0.15, 0.2) is 46.9 Å². The quantitative estimate of drug-likeness (QED) is 0.625. The number of anilines is 1. The SMILES string of the molecule is COc1ccc(C(=O)OCC(=O)N(C)Cc2ccc(N(C)C)cc2)cc1Br. The van der Waals surface area contributed by atoms with Crippen molar-refractivity contribution < 1.29 is 19.1 Å². The van der Waals surface area contributed by atoms with Gasteiger partial charge in [-0.1, -0.05) is 12.1 Å². The Balaban J connectivity index is 1.88. The number of rotatable bonds is 7. The Labute approximate surface area is 167 Å². The molecule has 0 aromatic heterocycles. The van der Waals surface area contributed by atoms with Crippen LogP contribution in [-0.4, -0.2) is 51.6 Å². The number of methoxy groups -OCH3 is 1. The maximum absolute atomic E-state index is 12.2. The molecule has 0 saturated heterocycles. The average Bonchev–Trinajstić information content (AvgIpc) is 2.66. The van der Waals surface area contributed by atoms with Crippen LogP contribution in [0.4, 0.5) is 5.69 Å². The standard InChI is InChI=1S/C20H23BrN2O4/c1-22(2)16-8-5-14(6-9-16)12-23(3)19(24)13-27-20(25)15-7-10-18(26-4)17(21)11-15/h5-11H,12-13H2,1-4H3. The molecular formula is C20H23BrN2O4. The Morgan fingerprint density at radius 2 is 1.70 bits per heavy atom. The van der Waals surface area contributed by atoms with Crippen LogP contribution < -0.4 is 9.64 Å². The fourth-order valence-electron chi connectivity index (χ4n) is 2.38. The Bertz CT molecular complexity index is 806. The predicted octanol–water partition coefficient (Wildman–Crippen LogP) is 3.34. The highest BCUT2D eigenvalue weighted by molar-refractivity contribution is 9.10. The first kappa shape index (κ1) is 20.8. The van der Waals surface area contributed by atoms with Crippen LogP contribution in [0.2, 0.25) is 0 Å². The monoisotopic (exact) mass is 434 g/mol. The third-order valence-corrected chi connectivity index (χ3v) is 4.63. The minimum Gasteiger partial charge on any atom is -0.496 e. The summed E-state index contributed by atoms with van der Waals surface area (Å²) in [4.78, 5) is 27.9. The van der Waals surface area contributed by atoms with Crippen molar-refractivity contribution in [3.05, 3.63) is 58.1 Å². The molecule has 2 aromatic carbocycles. The minimum absolute atomic E-state index is 0.271. The molecule has 0 aliphatic carbocycles. The number of amides is 1. The van der Waals surface area contributed by atoms with Gasteiger partial charge in [-0.15, -0.1) is 0 Å². The molecule has 0 N–H and O–H groups in total. The van der Waals surface area contributed by atoms with Crippen LogP contribution in [0.3, 0.4) is 0 Å². The zero-order valence-corrected chi connectivity index (χ0v) is 17.4. The lowest BCUT2D eigenvalue weighted by Gasteiger charge is -2.18. The normalized spacial score (nSPS) is 10.3. The van der Waals surface area contributed by atoms with Crippen molar-refractivity contribution >= 4 is 33.5 Å². The number of halogens is 1. The molecule has 0 atom stereocenters. The van der Waals surface area contributed by atoms with Crippen molar-refractivity contribution in [3.63, 3.8) is 0 Å². The highest BCUT2D eigenvalue weighted by atomic mass is 79.9. The van der Waals surface area contributed by atoms with Crippen LogP contribution in [0, 0.1) is 0 Å². The van der Waals surface area contributed by atoms with Crippen molar-refractivity contribution in [1.82, 2.24) is 4.90 Å². The van der Waals surface area contributed by atoms with E-state index >= 15 is 0 Å². The van der Waals surface area contributed by atoms with Gasteiger partial charge in [0.05, 0.1) is 17.1 Å². The third-order valence-electron chi connectivity index (χ3n) is 4.01. The van der Waals surface area contributed by atoms with Crippen molar-refractivity contribution in [2.24, 2.45) is 0 Å². The van der Waals surface area contributed by atoms with Crippen LogP contribution in [0.25, 0.3) is 0 Å². The molecule has 0 heterocycles. The first-order valence-electron chi connectivity index (χ1n) is 8.32. The van der Waals surface area contributed by atoms with Gasteiger partial charge in [-0.05, 0) is 51.8 Å². The molecule has 0 fully saturated rings. The second kappa shape index (κ2) is 9.41. The minimum atomic E-state index is -0.560. The molecule has 0 saturated carbocycles. The highest BCUT2D eigenvalue weighted by Gasteiger charge is 2.15. The number of ether oxygens (including phenoxy) is 2. The van der Waals surface area contributed by atoms with E-state index in [9.17, 15) is 9.59 Å². The van der Waals surface area contributed by atoms with Gasteiger partial charge in [0.1, 0.15) is 5.75 Å². The number of nitrogens with zero attached hydrogens (tertiary/aromatic N) is 2. The van der Waals surface area contributed by atoms with Gasteiger partial charge in [-0.25, -0.2) is 4.79 Å². The number of esters is 1. The Morgan fingerprint density at radius 3 is 2.26 bits per heavy atom. The van der Waals surface area contributed by atoms with E-state index in [2.05, 4.69) is 15.9 Å². The van der Waals surface area contributed by atoms with E-state index in [0.717, 1.165) is 11.3 Å². The molecule has 2 rings (SSSR count). The topological polar surface area (TPSA) is 59.1 Å². The van der Waals surface area contributed by atoms with Gasteiger partial charge >= 0.3 is 5.97 Å². The third kappa shape index (κ3) is 5.72. The van der Waals surface area contributed by atoms with Gasteiger partial charge in [-0.3, -0.25) is 4.79 Å². The smallest absolute Gasteiger partial charge is 0.338 e. The fourth-order valence-corrected chi connectivity index (χ4v) is 2.92. The molecule has 144 valence electrons. The van der Waals surface area contributed by atoms with Crippen LogP contribution >= 0.6 is 15.9 Å². The van der Waals surface area contributed by atoms with Crippen molar-refractivity contribution in [1.29, 1.82) is 0 Å². The van der Waals surface area contributed by atoms with Crippen molar-refractivity contribution in [3.8, 4) is 5.75 Å². The maximum atomic E-state index is 12.2. The molecule has 27 heavy (non-hydrogen) atoms. The molecule has 0 bridgehead atoms. The second-order valence-corrected chi connectivity index (χ2v) is 7.09. The van der Waals surface area contributed by atoms with E-state index in [-0.39, 0.29) is 12.5 Å². The van der Waals surface area contributed by atoms with E-state index in [4.69, 9.17) is 9.47 Å². The molecule has 6 nitrogen and oxygen atoms in total. The summed E-state index contributed by atoms with van der Waals surface area (Å²) in [6.07, 6.45) is 0. The molecule has 0 spiro atoms. The summed E-state index contributed by atoms with van der Waals surface area (Å²) in [6, 6.07) is 12.8. The van der Waals surface area contributed by atoms with Gasteiger partial charge in [0.2, 0.25) is 0 Å². The maximum Gasteiger partial charge on any atom is 0.338 e. The van der Waals surface area contributed by atoms with E-state index < -0.39 is 5.97 Å². The molecular weight excluding hydrogens is 412 g/mol. The zero-order valence-electron chi connectivity index (χ0n) is 15.9. The number of carbonyl (C=O) groups is 2. The molecule has 0 aliphatic heterocycles. The number of hydrogen-bond donors (Lipinski definition) is 0. The molecule has 2 aromatic rings. The number of hydrogen-bond acceptors (Lipinski definition) is 5. The van der Waals surface area contributed by atoms with Crippen LogP contribution in [0.5, 0.6) is 5.75 Å². The predicted molar refractivity (Wildman–Crippen MR) is 108 cm³/mol. The Hall–Kier alpha value is -2.54. The van der Waals surface area contributed by atoms with Gasteiger partial charge in [0, 0.05) is 33.4 Å². The fraction of sp³-hybridized carbons (Fsp3) is 0.300. The lowest BCUT2D eigenvalue weighted by Crippen LogP contribution is -2.30.